The Kier molecular flexibility index (Phi) is 5.37. The first-order valence-corrected chi connectivity index (χ1v) is 6.34. The second kappa shape index (κ2) is 6.81. The molecule has 0 saturated heterocycles. The molecule has 90 valence electrons. The van der Waals surface area contributed by atoms with Crippen LogP contribution in [0.5, 0.6) is 5.75 Å². The largest absolute Gasteiger partial charge is 0.497 e. The molecule has 0 spiro atoms. The summed E-state index contributed by atoms with van der Waals surface area (Å²) >= 11 is 1.42. The van der Waals surface area contributed by atoms with Crippen molar-refractivity contribution in [2.75, 3.05) is 13.4 Å². The average molecular weight is 249 g/mol. The summed E-state index contributed by atoms with van der Waals surface area (Å²) in [6.45, 7) is 1.98. The van der Waals surface area contributed by atoms with Gasteiger partial charge in [0.25, 0.3) is 0 Å². The van der Waals surface area contributed by atoms with Crippen molar-refractivity contribution in [1.82, 2.24) is 5.32 Å². The number of ether oxygens (including phenoxy) is 1. The van der Waals surface area contributed by atoms with E-state index < -0.39 is 0 Å². The number of thioether (sulfide) groups is 1. The molecule has 0 aliphatic carbocycles. The van der Waals surface area contributed by atoms with E-state index in [1.165, 1.54) is 11.8 Å². The normalized spacial score (nSPS) is 12.7. The van der Waals surface area contributed by atoms with Crippen LogP contribution in [0, 0.1) is 11.5 Å². The summed E-state index contributed by atoms with van der Waals surface area (Å²) in [5.41, 5.74) is 1.08. The van der Waals surface area contributed by atoms with E-state index in [1.807, 2.05) is 43.6 Å². The van der Waals surface area contributed by atoms with Gasteiger partial charge in [-0.25, -0.2) is 0 Å². The van der Waals surface area contributed by atoms with Gasteiger partial charge in [0.15, 0.2) is 11.4 Å². The molecule has 17 heavy (non-hydrogen) atoms. The highest BCUT2D eigenvalue weighted by Crippen LogP contribution is 2.20. The molecule has 5 heteroatoms. The lowest BCUT2D eigenvalue weighted by Crippen LogP contribution is -2.14. The number of rotatable bonds is 3. The van der Waals surface area contributed by atoms with Crippen molar-refractivity contribution in [2.45, 2.75) is 13.0 Å². The van der Waals surface area contributed by atoms with E-state index in [9.17, 15) is 0 Å². The number of aliphatic imine (C=N–C) groups is 1. The Morgan fingerprint density at radius 1 is 1.47 bits per heavy atom. The van der Waals surface area contributed by atoms with Crippen LogP contribution in [0.2, 0.25) is 0 Å². The third-order valence-corrected chi connectivity index (χ3v) is 2.86. The molecule has 1 N–H and O–H groups in total. The van der Waals surface area contributed by atoms with Crippen molar-refractivity contribution in [3.05, 3.63) is 29.8 Å². The van der Waals surface area contributed by atoms with E-state index in [0.717, 1.165) is 11.3 Å². The molecule has 1 unspecified atom stereocenters. The van der Waals surface area contributed by atoms with Gasteiger partial charge in [-0.05, 0) is 30.9 Å². The highest BCUT2D eigenvalue weighted by atomic mass is 32.2. The maximum Gasteiger partial charge on any atom is 0.183 e. The van der Waals surface area contributed by atoms with Crippen molar-refractivity contribution in [3.8, 4) is 11.9 Å². The SMILES string of the molecule is COc1ccc(C(C)N=C(NC#N)SC)cc1. The summed E-state index contributed by atoms with van der Waals surface area (Å²) in [6, 6.07) is 7.74. The fourth-order valence-corrected chi connectivity index (χ4v) is 1.73. The van der Waals surface area contributed by atoms with Crippen LogP contribution in [0.15, 0.2) is 29.3 Å². The molecule has 0 aliphatic heterocycles. The average Bonchev–Trinajstić information content (AvgIpc) is 2.38. The summed E-state index contributed by atoms with van der Waals surface area (Å²) in [4.78, 5) is 4.42. The number of nitrogens with zero attached hydrogens (tertiary/aromatic N) is 2. The Bertz CT molecular complexity index is 422. The highest BCUT2D eigenvalue weighted by molar-refractivity contribution is 8.13. The Balaban J connectivity index is 2.81. The monoisotopic (exact) mass is 249 g/mol. The maximum atomic E-state index is 8.55. The Labute approximate surface area is 106 Å². The van der Waals surface area contributed by atoms with Gasteiger partial charge in [0.1, 0.15) is 5.75 Å². The summed E-state index contributed by atoms with van der Waals surface area (Å²) in [7, 11) is 1.64. The number of amidine groups is 1. The summed E-state index contributed by atoms with van der Waals surface area (Å²) in [6.07, 6.45) is 3.75. The van der Waals surface area contributed by atoms with Crippen LogP contribution in [0.25, 0.3) is 0 Å². The van der Waals surface area contributed by atoms with Gasteiger partial charge in [-0.1, -0.05) is 23.9 Å². The van der Waals surface area contributed by atoms with E-state index in [4.69, 9.17) is 10.00 Å². The van der Waals surface area contributed by atoms with Crippen molar-refractivity contribution in [1.29, 1.82) is 5.26 Å². The Hall–Kier alpha value is -1.67. The molecule has 0 heterocycles. The second-order valence-corrected chi connectivity index (χ2v) is 4.12. The number of hydrogen-bond donors (Lipinski definition) is 1. The zero-order valence-electron chi connectivity index (χ0n) is 10.1. The maximum absolute atomic E-state index is 8.55. The van der Waals surface area contributed by atoms with Crippen LogP contribution in [0.1, 0.15) is 18.5 Å². The lowest BCUT2D eigenvalue weighted by atomic mass is 10.1. The van der Waals surface area contributed by atoms with Gasteiger partial charge in [-0.15, -0.1) is 0 Å². The smallest absolute Gasteiger partial charge is 0.183 e. The topological polar surface area (TPSA) is 57.4 Å². The van der Waals surface area contributed by atoms with Gasteiger partial charge in [0.2, 0.25) is 0 Å². The fraction of sp³-hybridized carbons (Fsp3) is 0.333. The number of hydrogen-bond acceptors (Lipinski definition) is 4. The van der Waals surface area contributed by atoms with E-state index >= 15 is 0 Å². The third kappa shape index (κ3) is 4.00. The minimum atomic E-state index is 0.00389. The van der Waals surface area contributed by atoms with Gasteiger partial charge < -0.3 is 4.74 Å². The molecule has 0 aromatic heterocycles. The minimum Gasteiger partial charge on any atom is -0.497 e. The quantitative estimate of drug-likeness (QED) is 0.387. The molecule has 0 amide bonds. The van der Waals surface area contributed by atoms with E-state index in [0.29, 0.717) is 5.17 Å². The van der Waals surface area contributed by atoms with Crippen molar-refractivity contribution in [3.63, 3.8) is 0 Å². The minimum absolute atomic E-state index is 0.00389. The van der Waals surface area contributed by atoms with Crippen LogP contribution in [-0.4, -0.2) is 18.5 Å². The summed E-state index contributed by atoms with van der Waals surface area (Å²) in [5.74, 6) is 0.824. The lowest BCUT2D eigenvalue weighted by Gasteiger charge is -2.09. The second-order valence-electron chi connectivity index (χ2n) is 3.32. The Morgan fingerprint density at radius 3 is 2.59 bits per heavy atom. The lowest BCUT2D eigenvalue weighted by molar-refractivity contribution is 0.414. The zero-order chi connectivity index (χ0) is 12.7. The predicted molar refractivity (Wildman–Crippen MR) is 71.1 cm³/mol. The number of methoxy groups -OCH3 is 1. The predicted octanol–water partition coefficient (Wildman–Crippen LogP) is 2.55. The number of nitrogens with one attached hydrogen (secondary N) is 1. The van der Waals surface area contributed by atoms with Crippen LogP contribution in [-0.2, 0) is 0 Å². The first-order valence-electron chi connectivity index (χ1n) is 5.12. The molecule has 0 fully saturated rings. The molecule has 4 nitrogen and oxygen atoms in total. The molecule has 1 aromatic rings. The van der Waals surface area contributed by atoms with E-state index in [1.54, 1.807) is 7.11 Å². The van der Waals surface area contributed by atoms with Gasteiger partial charge in [-0.3, -0.25) is 10.3 Å². The summed E-state index contributed by atoms with van der Waals surface area (Å²) < 4.78 is 5.09. The number of benzene rings is 1. The first kappa shape index (κ1) is 13.4. The molecule has 0 aliphatic rings. The van der Waals surface area contributed by atoms with Crippen molar-refractivity contribution >= 4 is 16.9 Å². The molecule has 1 rings (SSSR count). The zero-order valence-corrected chi connectivity index (χ0v) is 10.9. The van der Waals surface area contributed by atoms with E-state index in [-0.39, 0.29) is 6.04 Å². The van der Waals surface area contributed by atoms with Crippen LogP contribution < -0.4 is 10.1 Å². The summed E-state index contributed by atoms with van der Waals surface area (Å²) in [5, 5.41) is 11.7. The molecule has 0 saturated carbocycles. The molecular formula is C12H15N3OS. The van der Waals surface area contributed by atoms with Crippen LogP contribution in [0.4, 0.5) is 0 Å². The molecular weight excluding hydrogens is 234 g/mol. The molecule has 1 aromatic carbocycles. The van der Waals surface area contributed by atoms with Gasteiger partial charge >= 0.3 is 0 Å². The van der Waals surface area contributed by atoms with E-state index in [2.05, 4.69) is 10.3 Å². The standard InChI is InChI=1S/C12H15N3OS/c1-9(15-12(17-3)14-8-13)10-4-6-11(16-2)7-5-10/h4-7,9H,1-3H3,(H,14,15). The van der Waals surface area contributed by atoms with Gasteiger partial charge in [0.05, 0.1) is 13.2 Å². The van der Waals surface area contributed by atoms with Gasteiger partial charge in [-0.2, -0.15) is 5.26 Å². The first-order chi connectivity index (χ1) is 8.21. The van der Waals surface area contributed by atoms with Crippen LogP contribution >= 0.6 is 11.8 Å². The van der Waals surface area contributed by atoms with Crippen molar-refractivity contribution < 1.29 is 4.74 Å². The third-order valence-electron chi connectivity index (χ3n) is 2.27. The highest BCUT2D eigenvalue weighted by Gasteiger charge is 2.05. The molecule has 1 atom stereocenters. The van der Waals surface area contributed by atoms with Crippen LogP contribution in [0.3, 0.4) is 0 Å². The number of nitriles is 1. The van der Waals surface area contributed by atoms with Gasteiger partial charge in [0, 0.05) is 0 Å². The fourth-order valence-electron chi connectivity index (χ4n) is 1.32. The molecule has 0 bridgehead atoms. The van der Waals surface area contributed by atoms with Crippen molar-refractivity contribution in [2.24, 2.45) is 4.99 Å². The molecule has 0 radical (unpaired) electrons. The Morgan fingerprint density at radius 2 is 2.12 bits per heavy atom.